The van der Waals surface area contributed by atoms with E-state index in [-0.39, 0.29) is 6.61 Å². The molecule has 1 spiro atoms. The lowest BCUT2D eigenvalue weighted by Crippen LogP contribution is -2.69. The quantitative estimate of drug-likeness (QED) is 0.0977. The molecule has 0 radical (unpaired) electrons. The molecule has 8 rings (SSSR count). The molecular formula is C49H48O7. The van der Waals surface area contributed by atoms with E-state index >= 15 is 0 Å². The fourth-order valence-electron chi connectivity index (χ4n) is 7.43. The first-order chi connectivity index (χ1) is 27.7. The average Bonchev–Trinajstić information content (AvgIpc) is 3.26. The normalized spacial score (nSPS) is 21.6. The van der Waals surface area contributed by atoms with Crippen molar-refractivity contribution in [2.75, 3.05) is 6.61 Å². The van der Waals surface area contributed by atoms with Crippen LogP contribution in [0.4, 0.5) is 0 Å². The minimum Gasteiger partial charge on any atom is -0.489 e. The van der Waals surface area contributed by atoms with Gasteiger partial charge in [0.1, 0.15) is 36.4 Å². The van der Waals surface area contributed by atoms with Crippen molar-refractivity contribution in [2.45, 2.75) is 76.1 Å². The van der Waals surface area contributed by atoms with Crippen LogP contribution in [0.5, 0.6) is 11.5 Å². The predicted molar refractivity (Wildman–Crippen MR) is 215 cm³/mol. The molecule has 7 nitrogen and oxygen atoms in total. The van der Waals surface area contributed by atoms with Crippen LogP contribution < -0.4 is 9.47 Å². The van der Waals surface area contributed by atoms with Crippen LogP contribution >= 0.6 is 0 Å². The monoisotopic (exact) mass is 748 g/mol. The molecule has 0 unspecified atom stereocenters. The molecule has 0 aromatic heterocycles. The first kappa shape index (κ1) is 37.6. The summed E-state index contributed by atoms with van der Waals surface area (Å²) in [6.07, 6.45) is -1.15. The van der Waals surface area contributed by atoms with Crippen LogP contribution in [0, 0.1) is 0 Å². The average molecular weight is 749 g/mol. The lowest BCUT2D eigenvalue weighted by molar-refractivity contribution is -0.364. The highest BCUT2D eigenvalue weighted by Gasteiger charge is 2.59. The number of fused-ring (bicyclic) bond motifs is 1. The Hall–Kier alpha value is -5.28. The van der Waals surface area contributed by atoms with Crippen molar-refractivity contribution >= 4 is 0 Å². The summed E-state index contributed by atoms with van der Waals surface area (Å²) in [5.74, 6) is 0.313. The molecule has 6 aromatic rings. The molecule has 56 heavy (non-hydrogen) atoms. The van der Waals surface area contributed by atoms with Crippen molar-refractivity contribution in [1.29, 1.82) is 0 Å². The fraction of sp³-hybridized carbons (Fsp3) is 0.265. The summed E-state index contributed by atoms with van der Waals surface area (Å²) in [6.45, 7) is 2.23. The smallest absolute Gasteiger partial charge is 0.240 e. The van der Waals surface area contributed by atoms with Gasteiger partial charge in [-0.2, -0.15) is 0 Å². The molecule has 0 amide bonds. The van der Waals surface area contributed by atoms with Crippen LogP contribution in [0.15, 0.2) is 170 Å². The minimum absolute atomic E-state index is 0.259. The molecule has 6 aromatic carbocycles. The van der Waals surface area contributed by atoms with E-state index < -0.39 is 30.2 Å². The maximum absolute atomic E-state index is 7.22. The number of aryl methyl sites for hydroxylation is 1. The highest BCUT2D eigenvalue weighted by molar-refractivity contribution is 5.42. The molecule has 2 aliphatic rings. The molecule has 1 saturated heterocycles. The molecule has 0 N–H and O–H groups in total. The van der Waals surface area contributed by atoms with Gasteiger partial charge in [-0.25, -0.2) is 0 Å². The Labute approximate surface area is 329 Å². The second-order valence-corrected chi connectivity index (χ2v) is 14.4. The van der Waals surface area contributed by atoms with Gasteiger partial charge < -0.3 is 33.2 Å². The number of ether oxygens (including phenoxy) is 7. The zero-order chi connectivity index (χ0) is 37.8. The fourth-order valence-corrected chi connectivity index (χ4v) is 7.43. The third-order valence-corrected chi connectivity index (χ3v) is 10.3. The predicted octanol–water partition coefficient (Wildman–Crippen LogP) is 9.66. The van der Waals surface area contributed by atoms with Crippen LogP contribution in [0.1, 0.15) is 39.8 Å². The maximum Gasteiger partial charge on any atom is 0.240 e. The van der Waals surface area contributed by atoms with E-state index in [0.717, 1.165) is 44.9 Å². The molecular weight excluding hydrogens is 701 g/mol. The van der Waals surface area contributed by atoms with Gasteiger partial charge in [0.25, 0.3) is 0 Å². The summed E-state index contributed by atoms with van der Waals surface area (Å²) in [5.41, 5.74) is 6.37. The summed E-state index contributed by atoms with van der Waals surface area (Å²) in [4.78, 5) is 0. The Balaban J connectivity index is 1.13. The van der Waals surface area contributed by atoms with Gasteiger partial charge in [-0.1, -0.05) is 152 Å². The number of hydrogen-bond donors (Lipinski definition) is 0. The third kappa shape index (κ3) is 9.56. The highest BCUT2D eigenvalue weighted by Crippen LogP contribution is 2.45. The summed E-state index contributed by atoms with van der Waals surface area (Å²) < 4.78 is 47.8. The van der Waals surface area contributed by atoms with Gasteiger partial charge in [0.15, 0.2) is 6.10 Å². The number of benzene rings is 6. The Morgan fingerprint density at radius 3 is 1.54 bits per heavy atom. The largest absolute Gasteiger partial charge is 0.489 e. The van der Waals surface area contributed by atoms with Crippen molar-refractivity contribution in [3.8, 4) is 11.5 Å². The summed E-state index contributed by atoms with van der Waals surface area (Å²) in [5, 5.41) is 0. The van der Waals surface area contributed by atoms with E-state index in [1.165, 1.54) is 0 Å². The topological polar surface area (TPSA) is 64.6 Å². The van der Waals surface area contributed by atoms with Crippen molar-refractivity contribution < 1.29 is 33.2 Å². The SMILES string of the molecule is c1ccc(COC[C@H]2O[C@@]3(CCc4cc(OCc5ccccc5)ccc4O3)[C@@H](OCc3ccccc3)[C@@H](OCc3ccccc3)[C@@H]2OCc2ccccc2)cc1. The van der Waals surface area contributed by atoms with Gasteiger partial charge in [-0.05, 0) is 58.0 Å². The lowest BCUT2D eigenvalue weighted by Gasteiger charge is -2.53. The molecule has 5 atom stereocenters. The maximum atomic E-state index is 7.22. The Morgan fingerprint density at radius 1 is 0.500 bits per heavy atom. The van der Waals surface area contributed by atoms with E-state index in [9.17, 15) is 0 Å². The minimum atomic E-state index is -1.21. The standard InChI is InChI=1S/C49H48O7/c1-6-16-37(17-7-1)31-50-36-45-46(52-33-39-20-10-3-11-21-39)47(53-34-40-22-12-4-13-23-40)48(54-35-41-24-14-5-15-25-41)49(56-45)29-28-42-30-43(26-27-44(42)55-49)51-32-38-18-8-2-9-19-38/h1-27,30,45-48H,28-29,31-36H2/t45-,46-,47+,48+,49+/m1/s1. The zero-order valence-corrected chi connectivity index (χ0v) is 31.5. The molecule has 286 valence electrons. The Kier molecular flexibility index (Phi) is 12.5. The van der Waals surface area contributed by atoms with E-state index in [0.29, 0.717) is 45.9 Å². The first-order valence-electron chi connectivity index (χ1n) is 19.5. The summed E-state index contributed by atoms with van der Waals surface area (Å²) in [6, 6.07) is 56.9. The van der Waals surface area contributed by atoms with Gasteiger partial charge in [-0.3, -0.25) is 0 Å². The van der Waals surface area contributed by atoms with Crippen molar-refractivity contribution in [3.63, 3.8) is 0 Å². The van der Waals surface area contributed by atoms with Crippen LogP contribution in [0.25, 0.3) is 0 Å². The molecule has 0 saturated carbocycles. The summed E-state index contributed by atoms with van der Waals surface area (Å²) >= 11 is 0. The Morgan fingerprint density at radius 2 is 0.982 bits per heavy atom. The van der Waals surface area contributed by atoms with Crippen LogP contribution in [0.3, 0.4) is 0 Å². The van der Waals surface area contributed by atoms with Crippen molar-refractivity contribution in [3.05, 3.63) is 203 Å². The van der Waals surface area contributed by atoms with Crippen LogP contribution in [-0.2, 0) is 63.1 Å². The van der Waals surface area contributed by atoms with Gasteiger partial charge in [-0.15, -0.1) is 0 Å². The molecule has 7 heteroatoms. The van der Waals surface area contributed by atoms with E-state index in [4.69, 9.17) is 33.2 Å². The van der Waals surface area contributed by atoms with Crippen LogP contribution in [-0.4, -0.2) is 36.8 Å². The van der Waals surface area contributed by atoms with E-state index in [1.54, 1.807) is 0 Å². The van der Waals surface area contributed by atoms with Crippen molar-refractivity contribution in [1.82, 2.24) is 0 Å². The van der Waals surface area contributed by atoms with Gasteiger partial charge >= 0.3 is 0 Å². The van der Waals surface area contributed by atoms with E-state index in [1.807, 2.05) is 103 Å². The van der Waals surface area contributed by atoms with Gasteiger partial charge in [0.05, 0.1) is 33.0 Å². The first-order valence-corrected chi connectivity index (χ1v) is 19.5. The molecule has 0 aliphatic carbocycles. The third-order valence-electron chi connectivity index (χ3n) is 10.3. The highest BCUT2D eigenvalue weighted by atomic mass is 16.7. The van der Waals surface area contributed by atoms with E-state index in [2.05, 4.69) is 66.7 Å². The molecule has 0 bridgehead atoms. The van der Waals surface area contributed by atoms with Gasteiger partial charge in [0.2, 0.25) is 5.79 Å². The lowest BCUT2D eigenvalue weighted by atomic mass is 9.86. The van der Waals surface area contributed by atoms with Crippen molar-refractivity contribution in [2.24, 2.45) is 0 Å². The number of hydrogen-bond acceptors (Lipinski definition) is 7. The second-order valence-electron chi connectivity index (χ2n) is 14.4. The van der Waals surface area contributed by atoms with Gasteiger partial charge in [0, 0.05) is 6.42 Å². The number of rotatable bonds is 16. The Bertz CT molecular complexity index is 2060. The summed E-state index contributed by atoms with van der Waals surface area (Å²) in [7, 11) is 0. The molecule has 2 heterocycles. The van der Waals surface area contributed by atoms with Crippen LogP contribution in [0.2, 0.25) is 0 Å². The second kappa shape index (κ2) is 18.6. The molecule has 2 aliphatic heterocycles. The molecule has 1 fully saturated rings. The zero-order valence-electron chi connectivity index (χ0n) is 31.5.